The lowest BCUT2D eigenvalue weighted by Gasteiger charge is -2.44. The molecule has 1 aliphatic heterocycles. The first-order valence-corrected chi connectivity index (χ1v) is 16.2. The molecule has 16 nitrogen and oxygen atoms in total. The molecular formula is C23H45N3O13P2. The minimum absolute atomic E-state index is 0.121. The van der Waals surface area contributed by atoms with Crippen LogP contribution in [0.2, 0.25) is 0 Å². The van der Waals surface area contributed by atoms with Crippen LogP contribution in [0.5, 0.6) is 0 Å². The number of nitrogens with one attached hydrogen (secondary N) is 2. The van der Waals surface area contributed by atoms with Crippen molar-refractivity contribution in [2.45, 2.75) is 90.6 Å². The highest BCUT2D eigenvalue weighted by molar-refractivity contribution is 7.61. The molecule has 1 heterocycles. The van der Waals surface area contributed by atoms with Gasteiger partial charge in [0, 0.05) is 20.0 Å². The quantitative estimate of drug-likeness (QED) is 0.0800. The average Bonchev–Trinajstić information content (AvgIpc) is 2.84. The summed E-state index contributed by atoms with van der Waals surface area (Å²) in [6.07, 6.45) is -3.76. The molecule has 0 radical (unpaired) electrons. The van der Waals surface area contributed by atoms with E-state index in [1.807, 2.05) is 20.8 Å². The van der Waals surface area contributed by atoms with Crippen molar-refractivity contribution >= 4 is 27.5 Å². The van der Waals surface area contributed by atoms with Gasteiger partial charge in [0.05, 0.1) is 13.2 Å². The third-order valence-electron chi connectivity index (χ3n) is 5.92. The van der Waals surface area contributed by atoms with Crippen molar-refractivity contribution < 1.29 is 61.6 Å². The summed E-state index contributed by atoms with van der Waals surface area (Å²) in [7, 11) is -10.6. The minimum Gasteiger partial charge on any atom is -0.394 e. The van der Waals surface area contributed by atoms with Gasteiger partial charge in [-0.3, -0.25) is 18.6 Å². The molecule has 1 fully saturated rings. The number of carbonyl (C=O) groups excluding carboxylic acids is 2. The molecule has 1 aliphatic rings. The smallest absolute Gasteiger partial charge is 0.394 e. The zero-order valence-corrected chi connectivity index (χ0v) is 25.8. The number of allylic oxidation sites excluding steroid dienone is 2. The number of aliphatic hydroxyl groups is 2. The van der Waals surface area contributed by atoms with Crippen molar-refractivity contribution in [2.75, 3.05) is 26.3 Å². The van der Waals surface area contributed by atoms with Crippen LogP contribution in [0.3, 0.4) is 0 Å². The van der Waals surface area contributed by atoms with Gasteiger partial charge in [0.1, 0.15) is 30.5 Å². The molecule has 0 aromatic carbocycles. The second kappa shape index (κ2) is 17.8. The molecule has 1 rings (SSSR count). The van der Waals surface area contributed by atoms with Gasteiger partial charge in [-0.2, -0.15) is 4.31 Å². The van der Waals surface area contributed by atoms with E-state index < -0.39 is 70.8 Å². The zero-order chi connectivity index (χ0) is 31.4. The van der Waals surface area contributed by atoms with E-state index in [-0.39, 0.29) is 25.6 Å². The number of carbonyl (C=O) groups is 2. The fourth-order valence-corrected chi connectivity index (χ4v) is 5.98. The number of hydrogen-bond acceptors (Lipinski definition) is 12. The van der Waals surface area contributed by atoms with Crippen LogP contribution in [-0.4, -0.2) is 94.9 Å². The van der Waals surface area contributed by atoms with E-state index in [9.17, 15) is 38.7 Å². The van der Waals surface area contributed by atoms with Gasteiger partial charge in [-0.05, 0) is 46.0 Å². The first kappa shape index (κ1) is 37.8. The van der Waals surface area contributed by atoms with E-state index in [0.29, 0.717) is 6.42 Å². The summed E-state index contributed by atoms with van der Waals surface area (Å²) < 4.78 is 50.3. The van der Waals surface area contributed by atoms with Crippen molar-refractivity contribution in [3.05, 3.63) is 11.6 Å². The van der Waals surface area contributed by atoms with Gasteiger partial charge < -0.3 is 45.8 Å². The van der Waals surface area contributed by atoms with Crippen LogP contribution in [-0.2, 0) is 41.6 Å². The molecule has 41 heavy (non-hydrogen) atoms. The second-order valence-electron chi connectivity index (χ2n) is 9.98. The van der Waals surface area contributed by atoms with Gasteiger partial charge in [-0.25, -0.2) is 9.13 Å². The Bertz CT molecular complexity index is 965. The van der Waals surface area contributed by atoms with Gasteiger partial charge >= 0.3 is 15.6 Å². The lowest BCUT2D eigenvalue weighted by atomic mass is 9.96. The average molecular weight is 634 g/mol. The van der Waals surface area contributed by atoms with Crippen LogP contribution in [0.25, 0.3) is 0 Å². The predicted molar refractivity (Wildman–Crippen MR) is 146 cm³/mol. The van der Waals surface area contributed by atoms with Crippen molar-refractivity contribution in [1.82, 2.24) is 10.6 Å². The van der Waals surface area contributed by atoms with Crippen molar-refractivity contribution in [1.29, 1.82) is 0 Å². The maximum Gasteiger partial charge on any atom is 0.483 e. The molecule has 1 saturated heterocycles. The number of aliphatic hydroxyl groups excluding tert-OH is 2. The Hall–Kier alpha value is -1.26. The Balaban J connectivity index is 2.98. The summed E-state index contributed by atoms with van der Waals surface area (Å²) >= 11 is 0. The molecule has 9 atom stereocenters. The maximum absolute atomic E-state index is 12.7. The maximum atomic E-state index is 12.7. The molecule has 0 aliphatic carbocycles. The molecule has 0 aromatic heterocycles. The molecule has 18 heteroatoms. The highest BCUT2D eigenvalue weighted by Gasteiger charge is 2.51. The van der Waals surface area contributed by atoms with Crippen LogP contribution in [0.1, 0.15) is 53.9 Å². The first-order chi connectivity index (χ1) is 19.0. The van der Waals surface area contributed by atoms with Gasteiger partial charge in [0.15, 0.2) is 6.29 Å². The molecule has 0 saturated carbocycles. The highest BCUT2D eigenvalue weighted by atomic mass is 31.3. The highest BCUT2D eigenvalue weighted by Crippen LogP contribution is 2.61. The zero-order valence-electron chi connectivity index (χ0n) is 24.0. The third-order valence-corrected chi connectivity index (χ3v) is 8.55. The van der Waals surface area contributed by atoms with Crippen molar-refractivity contribution in [2.24, 2.45) is 11.7 Å². The second-order valence-corrected chi connectivity index (χ2v) is 13.0. The van der Waals surface area contributed by atoms with E-state index in [4.69, 9.17) is 24.3 Å². The third kappa shape index (κ3) is 14.2. The molecule has 8 N–H and O–H groups in total. The number of nitrogens with two attached hydrogens (primary N) is 1. The number of hydrogen-bond donors (Lipinski definition) is 7. The van der Waals surface area contributed by atoms with Crippen LogP contribution in [0.15, 0.2) is 11.6 Å². The number of phosphoric ester groups is 2. The number of ether oxygens (including phenoxy) is 2. The molecule has 0 bridgehead atoms. The Kier molecular flexibility index (Phi) is 16.4. The molecule has 2 amide bonds. The Morgan fingerprint density at radius 3 is 2.34 bits per heavy atom. The predicted octanol–water partition coefficient (Wildman–Crippen LogP) is 0.441. The van der Waals surface area contributed by atoms with Crippen molar-refractivity contribution in [3.63, 3.8) is 0 Å². The van der Waals surface area contributed by atoms with Crippen molar-refractivity contribution in [3.8, 4) is 0 Å². The van der Waals surface area contributed by atoms with Gasteiger partial charge in [-0.1, -0.05) is 18.6 Å². The van der Waals surface area contributed by atoms with Crippen LogP contribution >= 0.6 is 15.6 Å². The van der Waals surface area contributed by atoms with E-state index in [1.165, 1.54) is 12.5 Å². The van der Waals surface area contributed by atoms with E-state index in [2.05, 4.69) is 21.0 Å². The lowest BCUT2D eigenvalue weighted by Crippen LogP contribution is -2.66. The van der Waals surface area contributed by atoms with E-state index in [0.717, 1.165) is 19.8 Å². The summed E-state index contributed by atoms with van der Waals surface area (Å²) in [6, 6.07) is -1.54. The number of amides is 2. The summed E-state index contributed by atoms with van der Waals surface area (Å²) in [5, 5.41) is 25.2. The lowest BCUT2D eigenvalue weighted by molar-refractivity contribution is -0.261. The summed E-state index contributed by atoms with van der Waals surface area (Å²) in [5.74, 6) is -1.20. The van der Waals surface area contributed by atoms with Crippen LogP contribution in [0, 0.1) is 5.92 Å². The molecule has 240 valence electrons. The standard InChI is InChI=1S/C23H45N3O13P2/c1-14(2)7-6-8-15(3)9-12-35-40(31,32)39-41(33,34)38-23-19(26-17(5)28)21(20(29)18(13-27)37-23)36-16(4)22(30)25-11-10-24/h7,15-16,18-21,23,27,29H,6,8-13,24H2,1-5H3,(H,25,30)(H,26,28)(H,31,32)(H,33,34)/t15-,16-,18-,19-,20-,21-,23-/m1/s1. The molecule has 2 unspecified atom stereocenters. The summed E-state index contributed by atoms with van der Waals surface area (Å²) in [5.41, 5.74) is 6.54. The molecular weight excluding hydrogens is 588 g/mol. The molecule has 0 spiro atoms. The SMILES string of the molecule is CC(=O)N[C@H]1[C@@H](OP(=O)(O)OP(=O)(O)OCC[C@H](C)CCC=C(C)C)O[C@H](CO)[C@@H](O)[C@@H]1O[C@H](C)C(=O)NCCN. The largest absolute Gasteiger partial charge is 0.483 e. The Morgan fingerprint density at radius 1 is 1.12 bits per heavy atom. The normalized spacial score (nSPS) is 27.1. The number of phosphoric acid groups is 2. The van der Waals surface area contributed by atoms with Gasteiger partial charge in [-0.15, -0.1) is 0 Å². The Labute approximate surface area is 240 Å². The fraction of sp³-hybridized carbons (Fsp3) is 0.826. The van der Waals surface area contributed by atoms with E-state index >= 15 is 0 Å². The number of rotatable bonds is 18. The molecule has 0 aromatic rings. The van der Waals surface area contributed by atoms with Crippen LogP contribution < -0.4 is 16.4 Å². The first-order valence-electron chi connectivity index (χ1n) is 13.2. The monoisotopic (exact) mass is 633 g/mol. The minimum atomic E-state index is -5.44. The van der Waals surface area contributed by atoms with Gasteiger partial charge in [0.25, 0.3) is 0 Å². The topological polar surface area (TPSA) is 245 Å². The fourth-order valence-electron chi connectivity index (χ4n) is 3.82. The van der Waals surface area contributed by atoms with E-state index in [1.54, 1.807) is 0 Å². The Morgan fingerprint density at radius 2 is 1.78 bits per heavy atom. The van der Waals surface area contributed by atoms with Gasteiger partial charge in [0.2, 0.25) is 11.8 Å². The summed E-state index contributed by atoms with van der Waals surface area (Å²) in [4.78, 5) is 44.5. The van der Waals surface area contributed by atoms with Crippen LogP contribution in [0.4, 0.5) is 0 Å². The summed E-state index contributed by atoms with van der Waals surface area (Å²) in [6.45, 7) is 7.49.